The predicted molar refractivity (Wildman–Crippen MR) is 66.5 cm³/mol. The summed E-state index contributed by atoms with van der Waals surface area (Å²) in [6.45, 7) is 0. The molecule has 0 fully saturated rings. The van der Waals surface area contributed by atoms with Crippen molar-refractivity contribution in [1.82, 2.24) is 19.9 Å². The lowest BCUT2D eigenvalue weighted by molar-refractivity contribution is 0.399. The van der Waals surface area contributed by atoms with E-state index in [1.165, 1.54) is 6.07 Å². The van der Waals surface area contributed by atoms with Crippen molar-refractivity contribution in [2.45, 2.75) is 0 Å². The molecule has 3 heterocycles. The molecule has 90 valence electrons. The van der Waals surface area contributed by atoms with Crippen molar-refractivity contribution in [1.29, 1.82) is 0 Å². The van der Waals surface area contributed by atoms with E-state index in [9.17, 15) is 4.79 Å². The number of methoxy groups -OCH3 is 1. The van der Waals surface area contributed by atoms with E-state index < -0.39 is 0 Å². The van der Waals surface area contributed by atoms with Crippen LogP contribution in [0.3, 0.4) is 0 Å². The first kappa shape index (κ1) is 10.5. The zero-order valence-electron chi connectivity index (χ0n) is 9.60. The van der Waals surface area contributed by atoms with Crippen LogP contribution in [0.4, 0.5) is 0 Å². The minimum atomic E-state index is -0.168. The van der Waals surface area contributed by atoms with E-state index in [0.29, 0.717) is 17.4 Å². The van der Waals surface area contributed by atoms with Gasteiger partial charge in [0.2, 0.25) is 11.4 Å². The summed E-state index contributed by atoms with van der Waals surface area (Å²) in [4.78, 5) is 25.5. The molecule has 0 aliphatic carbocycles. The minimum absolute atomic E-state index is 0.168. The van der Waals surface area contributed by atoms with Gasteiger partial charge in [0.05, 0.1) is 12.6 Å². The Morgan fingerprint density at radius 2 is 2.11 bits per heavy atom. The van der Waals surface area contributed by atoms with Gasteiger partial charge in [0, 0.05) is 23.9 Å². The first-order valence-corrected chi connectivity index (χ1v) is 5.36. The van der Waals surface area contributed by atoms with Gasteiger partial charge >= 0.3 is 0 Å². The summed E-state index contributed by atoms with van der Waals surface area (Å²) in [6.07, 6.45) is 1.58. The number of nitrogens with one attached hydrogen (secondary N) is 2. The third-order valence-electron chi connectivity index (χ3n) is 2.58. The zero-order chi connectivity index (χ0) is 12.5. The Bertz CT molecular complexity index is 760. The standard InChI is InChI=1S/C12H10N4O2/c1-18-10-3-2-8-12(15-10)16-11(14-8)7-4-5-13-9(17)6-7/h2-6H,1H3,(H,13,17)(H,14,15,16). The van der Waals surface area contributed by atoms with Crippen LogP contribution >= 0.6 is 0 Å². The van der Waals surface area contributed by atoms with Gasteiger partial charge in [-0.25, -0.2) is 4.98 Å². The maximum absolute atomic E-state index is 11.2. The third kappa shape index (κ3) is 1.73. The Morgan fingerprint density at radius 1 is 1.22 bits per heavy atom. The number of fused-ring (bicyclic) bond motifs is 1. The molecule has 6 heteroatoms. The van der Waals surface area contributed by atoms with Crippen molar-refractivity contribution < 1.29 is 4.74 Å². The van der Waals surface area contributed by atoms with E-state index >= 15 is 0 Å². The lowest BCUT2D eigenvalue weighted by Crippen LogP contribution is -2.02. The third-order valence-corrected chi connectivity index (χ3v) is 2.58. The smallest absolute Gasteiger partial charge is 0.248 e. The molecule has 3 aromatic rings. The van der Waals surface area contributed by atoms with E-state index in [4.69, 9.17) is 4.74 Å². The fraction of sp³-hybridized carbons (Fsp3) is 0.0833. The molecule has 0 aliphatic rings. The molecule has 0 aliphatic heterocycles. The average molecular weight is 242 g/mol. The molecule has 0 amide bonds. The molecule has 0 saturated carbocycles. The predicted octanol–water partition coefficient (Wildman–Crippen LogP) is 1.32. The van der Waals surface area contributed by atoms with E-state index in [0.717, 1.165) is 11.1 Å². The molecule has 0 radical (unpaired) electrons. The summed E-state index contributed by atoms with van der Waals surface area (Å²) >= 11 is 0. The first-order valence-electron chi connectivity index (χ1n) is 5.36. The summed E-state index contributed by atoms with van der Waals surface area (Å²) in [5.74, 6) is 1.11. The Balaban J connectivity index is 2.16. The second kappa shape index (κ2) is 3.99. The van der Waals surface area contributed by atoms with Crippen LogP contribution in [0, 0.1) is 0 Å². The quantitative estimate of drug-likeness (QED) is 0.709. The molecule has 0 spiro atoms. The number of nitrogens with zero attached hydrogens (tertiary/aromatic N) is 2. The second-order valence-corrected chi connectivity index (χ2v) is 3.75. The van der Waals surface area contributed by atoms with E-state index in [1.54, 1.807) is 25.4 Å². The number of rotatable bonds is 2. The molecular formula is C12H10N4O2. The Kier molecular flexibility index (Phi) is 2.33. The van der Waals surface area contributed by atoms with Gasteiger partial charge in [-0.05, 0) is 12.1 Å². The highest BCUT2D eigenvalue weighted by Gasteiger charge is 2.07. The van der Waals surface area contributed by atoms with Crippen LogP contribution in [-0.2, 0) is 0 Å². The number of H-pyrrole nitrogens is 2. The van der Waals surface area contributed by atoms with Crippen LogP contribution in [-0.4, -0.2) is 27.0 Å². The molecule has 2 N–H and O–H groups in total. The molecule has 0 unspecified atom stereocenters. The van der Waals surface area contributed by atoms with Crippen molar-refractivity contribution in [2.24, 2.45) is 0 Å². The fourth-order valence-corrected chi connectivity index (χ4v) is 1.72. The van der Waals surface area contributed by atoms with Gasteiger partial charge in [-0.2, -0.15) is 4.98 Å². The van der Waals surface area contributed by atoms with Gasteiger partial charge in [-0.3, -0.25) is 4.79 Å². The van der Waals surface area contributed by atoms with E-state index in [2.05, 4.69) is 19.9 Å². The summed E-state index contributed by atoms with van der Waals surface area (Å²) in [6, 6.07) is 6.85. The van der Waals surface area contributed by atoms with Crippen molar-refractivity contribution in [3.8, 4) is 17.3 Å². The molecule has 6 nitrogen and oxygen atoms in total. The minimum Gasteiger partial charge on any atom is -0.481 e. The lowest BCUT2D eigenvalue weighted by atomic mass is 10.2. The highest BCUT2D eigenvalue weighted by Crippen LogP contribution is 2.19. The SMILES string of the molecule is COc1ccc2[nH]c(-c3cc[nH]c(=O)c3)nc2n1. The highest BCUT2D eigenvalue weighted by molar-refractivity contribution is 5.76. The summed E-state index contributed by atoms with van der Waals surface area (Å²) in [7, 11) is 1.55. The topological polar surface area (TPSA) is 83.7 Å². The van der Waals surface area contributed by atoms with Gasteiger partial charge in [0.1, 0.15) is 5.82 Å². The number of hydrogen-bond acceptors (Lipinski definition) is 4. The van der Waals surface area contributed by atoms with Crippen molar-refractivity contribution in [2.75, 3.05) is 7.11 Å². The fourth-order valence-electron chi connectivity index (χ4n) is 1.72. The molecule has 18 heavy (non-hydrogen) atoms. The van der Waals surface area contributed by atoms with Crippen molar-refractivity contribution in [3.05, 3.63) is 40.8 Å². The Hall–Kier alpha value is -2.63. The lowest BCUT2D eigenvalue weighted by Gasteiger charge is -1.95. The van der Waals surface area contributed by atoms with Crippen LogP contribution in [0.25, 0.3) is 22.6 Å². The number of imidazole rings is 1. The number of ether oxygens (including phenoxy) is 1. The molecule has 3 rings (SSSR count). The van der Waals surface area contributed by atoms with Crippen LogP contribution in [0.5, 0.6) is 5.88 Å². The molecule has 0 aromatic carbocycles. The molecular weight excluding hydrogens is 232 g/mol. The van der Waals surface area contributed by atoms with Gasteiger partial charge in [0.15, 0.2) is 5.65 Å². The number of aromatic nitrogens is 4. The second-order valence-electron chi connectivity index (χ2n) is 3.75. The van der Waals surface area contributed by atoms with Gasteiger partial charge in [-0.1, -0.05) is 0 Å². The maximum Gasteiger partial charge on any atom is 0.248 e. The van der Waals surface area contributed by atoms with Gasteiger partial charge in [0.25, 0.3) is 0 Å². The van der Waals surface area contributed by atoms with Crippen molar-refractivity contribution in [3.63, 3.8) is 0 Å². The molecule has 0 saturated heterocycles. The maximum atomic E-state index is 11.2. The average Bonchev–Trinajstić information content (AvgIpc) is 2.81. The van der Waals surface area contributed by atoms with Crippen LogP contribution in [0.2, 0.25) is 0 Å². The number of pyridine rings is 2. The largest absolute Gasteiger partial charge is 0.481 e. The Labute approximate surface area is 102 Å². The van der Waals surface area contributed by atoms with E-state index in [-0.39, 0.29) is 5.56 Å². The summed E-state index contributed by atoms with van der Waals surface area (Å²) in [5.41, 5.74) is 1.91. The highest BCUT2D eigenvalue weighted by atomic mass is 16.5. The van der Waals surface area contributed by atoms with Crippen molar-refractivity contribution >= 4 is 11.2 Å². The number of hydrogen-bond donors (Lipinski definition) is 2. The van der Waals surface area contributed by atoms with Gasteiger partial charge in [-0.15, -0.1) is 0 Å². The molecule has 0 bridgehead atoms. The monoisotopic (exact) mass is 242 g/mol. The first-order chi connectivity index (χ1) is 8.76. The van der Waals surface area contributed by atoms with Crippen LogP contribution in [0.1, 0.15) is 0 Å². The van der Waals surface area contributed by atoms with E-state index in [1.807, 2.05) is 6.07 Å². The molecule has 0 atom stereocenters. The Morgan fingerprint density at radius 3 is 2.89 bits per heavy atom. The summed E-state index contributed by atoms with van der Waals surface area (Å²) < 4.78 is 5.04. The summed E-state index contributed by atoms with van der Waals surface area (Å²) in [5, 5.41) is 0. The van der Waals surface area contributed by atoms with Crippen LogP contribution in [0.15, 0.2) is 35.3 Å². The van der Waals surface area contributed by atoms with Gasteiger partial charge < -0.3 is 14.7 Å². The number of aromatic amines is 2. The van der Waals surface area contributed by atoms with Crippen LogP contribution < -0.4 is 10.3 Å². The zero-order valence-corrected chi connectivity index (χ0v) is 9.60. The normalized spacial score (nSPS) is 10.7. The molecule has 3 aromatic heterocycles.